The van der Waals surface area contributed by atoms with Gasteiger partial charge < -0.3 is 39.2 Å². The van der Waals surface area contributed by atoms with Gasteiger partial charge in [0.15, 0.2) is 0 Å². The van der Waals surface area contributed by atoms with Crippen LogP contribution in [0.3, 0.4) is 0 Å². The monoisotopic (exact) mass is 1680 g/mol. The number of carbonyl (C=O) groups excluding carboxylic acids is 6. The molecular weight excluding hydrogens is 1580 g/mol. The lowest BCUT2D eigenvalue weighted by atomic mass is 9.82. The SMILES string of the molecule is CCN(C(=O)C(=O)N(C)[C@](CCN1CCC2(CC1)c1ccccc1CS2=O)(CN(C)C(=O)C(C)(C)C)c1ccc(Cl)c(Cl)c1)c1ccccc1.CCN(C(=O)C(=O)N(C)[C@](CCN1CCC2(CC1)c1ccccc1CS2=O)(CN(C)C(=O)C(C)(C)C)c1ccc(Cl)c(Cl)c1)c1ccccc1.Cl.Cl.S.S.S.S. The van der Waals surface area contributed by atoms with E-state index in [1.807, 2.05) is 128 Å². The van der Waals surface area contributed by atoms with Crippen molar-refractivity contribution >= 4 is 194 Å². The second-order valence-corrected chi connectivity index (χ2v) is 34.3. The summed E-state index contributed by atoms with van der Waals surface area (Å²) in [6, 6.07) is 45.3. The van der Waals surface area contributed by atoms with Gasteiger partial charge in [0.1, 0.15) is 0 Å². The Morgan fingerprint density at radius 3 is 1.03 bits per heavy atom. The van der Waals surface area contributed by atoms with Gasteiger partial charge in [-0.05, 0) is 160 Å². The molecule has 16 nitrogen and oxygen atoms in total. The first-order chi connectivity index (χ1) is 47.3. The minimum absolute atomic E-state index is 0. The molecule has 4 atom stereocenters. The molecule has 6 aromatic rings. The summed E-state index contributed by atoms with van der Waals surface area (Å²) in [6.45, 7) is 19.7. The highest BCUT2D eigenvalue weighted by atomic mass is 35.5. The van der Waals surface area contributed by atoms with Crippen molar-refractivity contribution in [3.05, 3.63) is 199 Å². The normalized spacial score (nSPS) is 17.2. The zero-order valence-electron chi connectivity index (χ0n) is 62.6. The van der Waals surface area contributed by atoms with E-state index in [4.69, 9.17) is 46.4 Å². The van der Waals surface area contributed by atoms with Gasteiger partial charge >= 0.3 is 23.6 Å². The van der Waals surface area contributed by atoms with Gasteiger partial charge in [0, 0.05) is 123 Å². The molecule has 106 heavy (non-hydrogen) atoms. The van der Waals surface area contributed by atoms with Crippen molar-refractivity contribution in [2.75, 3.05) is 103 Å². The Bertz CT molecular complexity index is 3800. The number of nitrogens with zero attached hydrogens (tertiary/aromatic N) is 8. The molecular formula is C78H106Cl6N8O8S6. The van der Waals surface area contributed by atoms with Gasteiger partial charge in [0.05, 0.1) is 40.7 Å². The fraction of sp³-hybridized carbons (Fsp3) is 0.462. The highest BCUT2D eigenvalue weighted by Crippen LogP contribution is 2.49. The number of carbonyl (C=O) groups is 6. The largest absolute Gasteiger partial charge is 0.343 e. The summed E-state index contributed by atoms with van der Waals surface area (Å²) >= 11 is 26.1. The smallest absolute Gasteiger partial charge is 0.316 e. The van der Waals surface area contributed by atoms with E-state index in [1.165, 1.54) is 41.9 Å². The van der Waals surface area contributed by atoms with Gasteiger partial charge in [-0.25, -0.2) is 0 Å². The molecule has 28 heteroatoms. The number of fused-ring (bicyclic) bond motifs is 4. The zero-order valence-corrected chi connectivity index (χ0v) is 72.9. The van der Waals surface area contributed by atoms with Crippen molar-refractivity contribution < 1.29 is 37.2 Å². The molecule has 4 aliphatic heterocycles. The number of likely N-dealkylation sites (N-methyl/N-ethyl adjacent to an activating group) is 6. The average molecular weight is 1690 g/mol. The minimum atomic E-state index is -1.16. The van der Waals surface area contributed by atoms with Crippen molar-refractivity contribution in [1.29, 1.82) is 0 Å². The van der Waals surface area contributed by atoms with Crippen LogP contribution in [0.15, 0.2) is 146 Å². The lowest BCUT2D eigenvalue weighted by Crippen LogP contribution is -2.59. The molecule has 0 bridgehead atoms. The van der Waals surface area contributed by atoms with Crippen LogP contribution in [-0.4, -0.2) is 167 Å². The van der Waals surface area contributed by atoms with Crippen molar-refractivity contribution in [3.8, 4) is 0 Å². The molecule has 0 radical (unpaired) electrons. The molecule has 6 aromatic carbocycles. The molecule has 584 valence electrons. The van der Waals surface area contributed by atoms with E-state index in [0.29, 0.717) is 93.1 Å². The van der Waals surface area contributed by atoms with Crippen LogP contribution in [0.25, 0.3) is 0 Å². The van der Waals surface area contributed by atoms with Crippen molar-refractivity contribution in [3.63, 3.8) is 0 Å². The first-order valence-corrected chi connectivity index (χ1v) is 38.5. The number of rotatable bonds is 18. The molecule has 4 aliphatic rings. The standard InChI is InChI=1S/2C39H48Cl2N4O4S.2ClH.4H2S/c2*1-7-45(30-14-9-8-10-15-30)35(47)34(46)43(6)38(27-42(5)36(48)37(2,3)4,29-17-18-32(40)33(41)25-29)19-22-44-23-20-39(21-24-44)31-16-12-11-13-28(31)26-50(39)49;;;;;;/h2*8-18,25H,7,19-24,26-27H2,1-6H3;2*1H;4*1H2/t2*38-,50?;;;;;;/m11....../s1. The second-order valence-electron chi connectivity index (χ2n) is 29.1. The van der Waals surface area contributed by atoms with E-state index < -0.39 is 67.1 Å². The molecule has 2 fully saturated rings. The number of benzene rings is 6. The van der Waals surface area contributed by atoms with Crippen LogP contribution in [0.4, 0.5) is 11.4 Å². The van der Waals surface area contributed by atoms with Crippen LogP contribution < -0.4 is 9.80 Å². The van der Waals surface area contributed by atoms with Crippen LogP contribution >= 0.6 is 125 Å². The number of halogens is 6. The number of amides is 6. The Morgan fingerprint density at radius 2 is 0.736 bits per heavy atom. The number of piperidine rings is 2. The first-order valence-electron chi connectivity index (χ1n) is 34.4. The zero-order chi connectivity index (χ0) is 72.9. The van der Waals surface area contributed by atoms with E-state index >= 15 is 0 Å². The number of anilines is 2. The fourth-order valence-electron chi connectivity index (χ4n) is 15.2. The molecule has 2 saturated heterocycles. The summed E-state index contributed by atoms with van der Waals surface area (Å²) in [5, 5.41) is 1.35. The lowest BCUT2D eigenvalue weighted by Gasteiger charge is -2.47. The van der Waals surface area contributed by atoms with Gasteiger partial charge in [-0.15, -0.1) is 24.8 Å². The topological polar surface area (TPSA) is 162 Å². The fourth-order valence-corrected chi connectivity index (χ4v) is 19.5. The Morgan fingerprint density at radius 1 is 0.434 bits per heavy atom. The molecule has 0 saturated carbocycles. The highest BCUT2D eigenvalue weighted by Gasteiger charge is 2.52. The molecule has 2 unspecified atom stereocenters. The Kier molecular flexibility index (Phi) is 36.2. The van der Waals surface area contributed by atoms with Crippen LogP contribution in [-0.2, 0) is 82.4 Å². The van der Waals surface area contributed by atoms with Gasteiger partial charge in [0.2, 0.25) is 11.8 Å². The van der Waals surface area contributed by atoms with E-state index in [2.05, 4.69) is 34.1 Å². The maximum atomic E-state index is 14.4. The predicted molar refractivity (Wildman–Crippen MR) is 461 cm³/mol. The Hall–Kier alpha value is -4.50. The maximum absolute atomic E-state index is 14.4. The van der Waals surface area contributed by atoms with Crippen LogP contribution in [0.5, 0.6) is 0 Å². The first kappa shape index (κ1) is 95.7. The molecule has 0 N–H and O–H groups in total. The molecule has 10 rings (SSSR count). The number of hydrogen-bond donors (Lipinski definition) is 0. The predicted octanol–water partition coefficient (Wildman–Crippen LogP) is 15.0. The summed E-state index contributed by atoms with van der Waals surface area (Å²) in [6.07, 6.45) is 3.82. The number of para-hydroxylation sites is 2. The van der Waals surface area contributed by atoms with E-state index in [1.54, 1.807) is 86.5 Å². The third-order valence-corrected chi connectivity index (χ3v) is 26.5. The van der Waals surface area contributed by atoms with Crippen LogP contribution in [0.2, 0.25) is 20.1 Å². The summed E-state index contributed by atoms with van der Waals surface area (Å²) in [7, 11) is 4.77. The molecule has 0 aliphatic carbocycles. The van der Waals surface area contributed by atoms with Crippen molar-refractivity contribution in [2.45, 2.75) is 126 Å². The van der Waals surface area contributed by atoms with Gasteiger partial charge in [-0.1, -0.05) is 185 Å². The molecule has 4 heterocycles. The third kappa shape index (κ3) is 20.4. The summed E-state index contributed by atoms with van der Waals surface area (Å²) < 4.78 is 26.3. The number of likely N-dealkylation sites (tertiary alicyclic amines) is 2. The molecule has 0 aromatic heterocycles. The van der Waals surface area contributed by atoms with Gasteiger partial charge in [0.25, 0.3) is 0 Å². The van der Waals surface area contributed by atoms with Crippen molar-refractivity contribution in [1.82, 2.24) is 29.4 Å². The quantitative estimate of drug-likeness (QED) is 0.0757. The maximum Gasteiger partial charge on any atom is 0.316 e. The van der Waals surface area contributed by atoms with Crippen LogP contribution in [0.1, 0.15) is 127 Å². The van der Waals surface area contributed by atoms with E-state index in [-0.39, 0.29) is 113 Å². The van der Waals surface area contributed by atoms with Crippen LogP contribution in [0, 0.1) is 10.8 Å². The van der Waals surface area contributed by atoms with E-state index in [9.17, 15) is 37.2 Å². The van der Waals surface area contributed by atoms with Gasteiger partial charge in [-0.3, -0.25) is 37.2 Å². The average Bonchev–Trinajstić information content (AvgIpc) is 0.926. The Balaban J connectivity index is 0.000000521. The molecule has 6 amide bonds. The minimum Gasteiger partial charge on any atom is -0.343 e. The summed E-state index contributed by atoms with van der Waals surface area (Å²) in [5.74, 6) is -1.77. The van der Waals surface area contributed by atoms with Crippen molar-refractivity contribution in [2.24, 2.45) is 10.8 Å². The Labute approximate surface area is 693 Å². The third-order valence-electron chi connectivity index (χ3n) is 20.9. The summed E-state index contributed by atoms with van der Waals surface area (Å²) in [4.78, 5) is 98.3. The number of hydrogen-bond acceptors (Lipinski definition) is 10. The highest BCUT2D eigenvalue weighted by molar-refractivity contribution is 7.85. The molecule has 2 spiro atoms. The lowest BCUT2D eigenvalue weighted by molar-refractivity contribution is -0.151. The second kappa shape index (κ2) is 40.1. The summed E-state index contributed by atoms with van der Waals surface area (Å²) in [5.41, 5.74) is 3.64. The van der Waals surface area contributed by atoms with Gasteiger partial charge in [-0.2, -0.15) is 54.0 Å². The van der Waals surface area contributed by atoms with E-state index in [0.717, 1.165) is 51.9 Å².